The van der Waals surface area contributed by atoms with Crippen molar-refractivity contribution in [3.63, 3.8) is 0 Å². The third-order valence-electron chi connectivity index (χ3n) is 2.42. The molecule has 0 aliphatic carbocycles. The Hall–Kier alpha value is -0.850. The molecule has 0 aliphatic rings. The molecule has 1 aromatic heterocycles. The lowest BCUT2D eigenvalue weighted by Crippen LogP contribution is -1.97. The molecule has 0 saturated heterocycles. The van der Waals surface area contributed by atoms with Crippen molar-refractivity contribution < 1.29 is 12.9 Å². The van der Waals surface area contributed by atoms with E-state index in [0.29, 0.717) is 17.0 Å². The molecule has 0 spiro atoms. The van der Waals surface area contributed by atoms with Crippen molar-refractivity contribution in [2.24, 2.45) is 0 Å². The van der Waals surface area contributed by atoms with Crippen LogP contribution in [0.1, 0.15) is 11.3 Å². The fourth-order valence-electron chi connectivity index (χ4n) is 1.57. The number of nitrogens with zero attached hydrogens (tertiary/aromatic N) is 1. The Bertz CT molecular complexity index is 681. The van der Waals surface area contributed by atoms with Gasteiger partial charge in [0.2, 0.25) is 9.05 Å². The van der Waals surface area contributed by atoms with Gasteiger partial charge in [0.15, 0.2) is 5.76 Å². The number of rotatable bonds is 3. The quantitative estimate of drug-likeness (QED) is 0.795. The van der Waals surface area contributed by atoms with E-state index in [0.717, 1.165) is 10.0 Å². The highest BCUT2D eigenvalue weighted by Crippen LogP contribution is 2.28. The van der Waals surface area contributed by atoms with E-state index in [1.807, 2.05) is 24.3 Å². The lowest BCUT2D eigenvalue weighted by molar-refractivity contribution is 0.425. The van der Waals surface area contributed by atoms with Gasteiger partial charge in [-0.15, -0.1) is 0 Å². The fourth-order valence-corrected chi connectivity index (χ4v) is 2.87. The molecule has 4 nitrogen and oxygen atoms in total. The van der Waals surface area contributed by atoms with Gasteiger partial charge in [0.05, 0.1) is 0 Å². The molecule has 0 amide bonds. The van der Waals surface area contributed by atoms with Crippen molar-refractivity contribution in [3.8, 4) is 11.3 Å². The van der Waals surface area contributed by atoms with Gasteiger partial charge in [0, 0.05) is 26.3 Å². The van der Waals surface area contributed by atoms with Crippen LogP contribution in [-0.4, -0.2) is 13.6 Å². The van der Waals surface area contributed by atoms with E-state index < -0.39 is 9.05 Å². The van der Waals surface area contributed by atoms with Gasteiger partial charge in [-0.1, -0.05) is 33.2 Å². The highest BCUT2D eigenvalue weighted by Gasteiger charge is 2.18. The molecule has 0 unspecified atom stereocenters. The number of hydrogen-bond donors (Lipinski definition) is 0. The average Bonchev–Trinajstić information content (AvgIpc) is 2.58. The molecule has 0 saturated carbocycles. The molecular weight excluding hydrogens is 342 g/mol. The Morgan fingerprint density at radius 3 is 2.78 bits per heavy atom. The first-order valence-electron chi connectivity index (χ1n) is 5.00. The Morgan fingerprint density at radius 1 is 1.44 bits per heavy atom. The molecular formula is C11H9BrClNO3S. The molecule has 1 heterocycles. The van der Waals surface area contributed by atoms with Gasteiger partial charge in [0.25, 0.3) is 0 Å². The maximum Gasteiger partial charge on any atom is 0.238 e. The highest BCUT2D eigenvalue weighted by atomic mass is 79.9. The van der Waals surface area contributed by atoms with Gasteiger partial charge in [0.1, 0.15) is 11.4 Å². The summed E-state index contributed by atoms with van der Waals surface area (Å²) in [4.78, 5) is 0. The Kier molecular flexibility index (Phi) is 3.79. The van der Waals surface area contributed by atoms with Crippen LogP contribution in [0.15, 0.2) is 33.3 Å². The van der Waals surface area contributed by atoms with Crippen LogP contribution < -0.4 is 0 Å². The van der Waals surface area contributed by atoms with Crippen molar-refractivity contribution in [2.45, 2.75) is 12.7 Å². The number of benzene rings is 1. The summed E-state index contributed by atoms with van der Waals surface area (Å²) in [6.45, 7) is 1.75. The maximum atomic E-state index is 11.0. The van der Waals surface area contributed by atoms with Crippen molar-refractivity contribution >= 4 is 35.7 Å². The molecule has 0 fully saturated rings. The summed E-state index contributed by atoms with van der Waals surface area (Å²) in [5.74, 6) is 0.212. The zero-order chi connectivity index (χ0) is 13.3. The van der Waals surface area contributed by atoms with Crippen LogP contribution in [-0.2, 0) is 14.8 Å². The van der Waals surface area contributed by atoms with Gasteiger partial charge in [-0.3, -0.25) is 0 Å². The Labute approximate surface area is 117 Å². The fraction of sp³-hybridized carbons (Fsp3) is 0.182. The SMILES string of the molecule is Cc1c(CS(=O)(=O)Cl)noc1-c1cccc(Br)c1. The Balaban J connectivity index is 2.43. The summed E-state index contributed by atoms with van der Waals surface area (Å²) in [6, 6.07) is 7.47. The van der Waals surface area contributed by atoms with Gasteiger partial charge in [-0.2, -0.15) is 0 Å². The first-order chi connectivity index (χ1) is 8.37. The van der Waals surface area contributed by atoms with Crippen LogP contribution in [0.5, 0.6) is 0 Å². The molecule has 0 bridgehead atoms. The maximum absolute atomic E-state index is 11.0. The van der Waals surface area contributed by atoms with Crippen molar-refractivity contribution in [2.75, 3.05) is 0 Å². The van der Waals surface area contributed by atoms with Crippen molar-refractivity contribution in [3.05, 3.63) is 40.0 Å². The lowest BCUT2D eigenvalue weighted by atomic mass is 10.1. The van der Waals surface area contributed by atoms with Gasteiger partial charge in [-0.05, 0) is 19.1 Å². The number of hydrogen-bond acceptors (Lipinski definition) is 4. The van der Waals surface area contributed by atoms with E-state index >= 15 is 0 Å². The average molecular weight is 351 g/mol. The smallest absolute Gasteiger partial charge is 0.238 e. The van der Waals surface area contributed by atoms with Crippen molar-refractivity contribution in [1.82, 2.24) is 5.16 Å². The predicted octanol–water partition coefficient (Wildman–Crippen LogP) is 3.48. The minimum atomic E-state index is -3.64. The molecule has 2 rings (SSSR count). The molecule has 7 heteroatoms. The number of halogens is 2. The molecule has 0 N–H and O–H groups in total. The summed E-state index contributed by atoms with van der Waals surface area (Å²) in [5.41, 5.74) is 1.84. The van der Waals surface area contributed by atoms with Gasteiger partial charge in [-0.25, -0.2) is 8.42 Å². The highest BCUT2D eigenvalue weighted by molar-refractivity contribution is 9.10. The molecule has 18 heavy (non-hydrogen) atoms. The standard InChI is InChI=1S/C11H9BrClNO3S/c1-7-10(6-18(13,15)16)14-17-11(7)8-3-2-4-9(12)5-8/h2-5H,6H2,1H3. The third kappa shape index (κ3) is 3.13. The van der Waals surface area contributed by atoms with Crippen LogP contribution in [0.4, 0.5) is 0 Å². The van der Waals surface area contributed by atoms with E-state index in [1.54, 1.807) is 6.92 Å². The normalized spacial score (nSPS) is 11.7. The summed E-state index contributed by atoms with van der Waals surface area (Å²) >= 11 is 3.36. The molecule has 0 aliphatic heterocycles. The summed E-state index contributed by atoms with van der Waals surface area (Å²) in [5, 5.41) is 3.75. The molecule has 0 radical (unpaired) electrons. The van der Waals surface area contributed by atoms with Crippen molar-refractivity contribution in [1.29, 1.82) is 0 Å². The van der Waals surface area contributed by atoms with E-state index in [2.05, 4.69) is 21.1 Å². The van der Waals surface area contributed by atoms with Crippen LogP contribution in [0.25, 0.3) is 11.3 Å². The predicted molar refractivity (Wildman–Crippen MR) is 72.9 cm³/mol. The zero-order valence-electron chi connectivity index (χ0n) is 9.35. The summed E-state index contributed by atoms with van der Waals surface area (Å²) in [7, 11) is 1.57. The van der Waals surface area contributed by atoms with E-state index in [-0.39, 0.29) is 5.75 Å². The topological polar surface area (TPSA) is 60.2 Å². The molecule has 1 aromatic carbocycles. The second-order valence-corrected chi connectivity index (χ2v) is 7.47. The minimum absolute atomic E-state index is 0.333. The van der Waals surface area contributed by atoms with E-state index in [9.17, 15) is 8.42 Å². The number of aromatic nitrogens is 1. The van der Waals surface area contributed by atoms with Gasteiger partial charge < -0.3 is 4.52 Å². The van der Waals surface area contributed by atoms with E-state index in [4.69, 9.17) is 15.2 Å². The van der Waals surface area contributed by atoms with Gasteiger partial charge >= 0.3 is 0 Å². The summed E-state index contributed by atoms with van der Waals surface area (Å²) in [6.07, 6.45) is 0. The Morgan fingerprint density at radius 2 is 2.17 bits per heavy atom. The largest absolute Gasteiger partial charge is 0.356 e. The van der Waals surface area contributed by atoms with Crippen LogP contribution in [0.3, 0.4) is 0 Å². The zero-order valence-corrected chi connectivity index (χ0v) is 12.5. The monoisotopic (exact) mass is 349 g/mol. The van der Waals surface area contributed by atoms with Crippen LogP contribution in [0, 0.1) is 6.92 Å². The lowest BCUT2D eigenvalue weighted by Gasteiger charge is -1.98. The first kappa shape index (κ1) is 13.6. The third-order valence-corrected chi connectivity index (χ3v) is 3.86. The molecule has 0 atom stereocenters. The van der Waals surface area contributed by atoms with Crippen LogP contribution >= 0.6 is 26.6 Å². The molecule has 96 valence electrons. The summed E-state index contributed by atoms with van der Waals surface area (Å²) < 4.78 is 28.2. The minimum Gasteiger partial charge on any atom is -0.356 e. The van der Waals surface area contributed by atoms with Crippen LogP contribution in [0.2, 0.25) is 0 Å². The second kappa shape index (κ2) is 5.03. The van der Waals surface area contributed by atoms with E-state index in [1.165, 1.54) is 0 Å². The molecule has 2 aromatic rings. The second-order valence-electron chi connectivity index (χ2n) is 3.78. The first-order valence-corrected chi connectivity index (χ1v) is 8.27.